The van der Waals surface area contributed by atoms with Gasteiger partial charge in [-0.15, -0.1) is 0 Å². The second kappa shape index (κ2) is 6.37. The van der Waals surface area contributed by atoms with E-state index >= 15 is 0 Å². The quantitative estimate of drug-likeness (QED) is 0.849. The molecule has 22 heavy (non-hydrogen) atoms. The minimum atomic E-state index is -4.46. The normalized spacial score (nSPS) is 23.0. The first-order valence-electron chi connectivity index (χ1n) is 7.07. The van der Waals surface area contributed by atoms with Crippen molar-refractivity contribution >= 4 is 5.95 Å². The van der Waals surface area contributed by atoms with Crippen LogP contribution >= 0.6 is 0 Å². The van der Waals surface area contributed by atoms with E-state index < -0.39 is 11.9 Å². The largest absolute Gasteiger partial charge is 0.433 e. The molecule has 0 bridgehead atoms. The average molecular weight is 318 g/mol. The van der Waals surface area contributed by atoms with Crippen LogP contribution in [0.3, 0.4) is 0 Å². The van der Waals surface area contributed by atoms with Crippen LogP contribution in [-0.4, -0.2) is 61.3 Å². The van der Waals surface area contributed by atoms with Gasteiger partial charge in [-0.05, 0) is 26.5 Å². The van der Waals surface area contributed by atoms with Gasteiger partial charge in [-0.2, -0.15) is 13.2 Å². The summed E-state index contributed by atoms with van der Waals surface area (Å²) in [6.45, 7) is 2.91. The molecule has 0 spiro atoms. The second-order valence-corrected chi connectivity index (χ2v) is 5.76. The molecule has 1 aromatic heterocycles. The molecule has 0 aromatic carbocycles. The number of hydrogen-bond donors (Lipinski definition) is 0. The average Bonchev–Trinajstić information content (AvgIpc) is 2.77. The first kappa shape index (κ1) is 17.0. The molecule has 1 aromatic rings. The minimum Gasteiger partial charge on any atom is -0.380 e. The number of nitrogens with zero attached hydrogens (tertiary/aromatic N) is 4. The van der Waals surface area contributed by atoms with Crippen LogP contribution in [-0.2, 0) is 10.9 Å². The molecule has 0 amide bonds. The Labute approximate surface area is 128 Å². The lowest BCUT2D eigenvalue weighted by Crippen LogP contribution is -2.37. The zero-order valence-electron chi connectivity index (χ0n) is 13.2. The summed E-state index contributed by atoms with van der Waals surface area (Å²) < 4.78 is 43.9. The molecular weight excluding hydrogens is 297 g/mol. The Morgan fingerprint density at radius 1 is 1.41 bits per heavy atom. The van der Waals surface area contributed by atoms with E-state index in [2.05, 4.69) is 14.9 Å². The van der Waals surface area contributed by atoms with Gasteiger partial charge in [0.25, 0.3) is 0 Å². The number of aromatic nitrogens is 2. The van der Waals surface area contributed by atoms with E-state index in [-0.39, 0.29) is 18.1 Å². The van der Waals surface area contributed by atoms with Gasteiger partial charge in [0.05, 0.1) is 6.10 Å². The van der Waals surface area contributed by atoms with Gasteiger partial charge in [0, 0.05) is 39.0 Å². The van der Waals surface area contributed by atoms with Gasteiger partial charge in [-0.1, -0.05) is 0 Å². The molecule has 5 nitrogen and oxygen atoms in total. The number of anilines is 1. The highest BCUT2D eigenvalue weighted by Crippen LogP contribution is 2.29. The van der Waals surface area contributed by atoms with Crippen LogP contribution in [0.2, 0.25) is 0 Å². The van der Waals surface area contributed by atoms with Crippen molar-refractivity contribution in [2.24, 2.45) is 0 Å². The Morgan fingerprint density at radius 2 is 2.09 bits per heavy atom. The van der Waals surface area contributed by atoms with Gasteiger partial charge in [0.15, 0.2) is 0 Å². The molecule has 1 fully saturated rings. The molecule has 0 aliphatic carbocycles. The van der Waals surface area contributed by atoms with Crippen LogP contribution in [0, 0.1) is 6.92 Å². The Kier molecular flexibility index (Phi) is 4.91. The van der Waals surface area contributed by atoms with Crippen LogP contribution in [0.1, 0.15) is 17.8 Å². The first-order chi connectivity index (χ1) is 10.2. The molecule has 124 valence electrons. The lowest BCUT2D eigenvalue weighted by molar-refractivity contribution is -0.141. The predicted molar refractivity (Wildman–Crippen MR) is 76.9 cm³/mol. The van der Waals surface area contributed by atoms with Crippen molar-refractivity contribution < 1.29 is 17.9 Å². The van der Waals surface area contributed by atoms with Crippen molar-refractivity contribution in [3.63, 3.8) is 0 Å². The summed E-state index contributed by atoms with van der Waals surface area (Å²) in [6.07, 6.45) is -3.46. The maximum Gasteiger partial charge on any atom is 0.433 e. The van der Waals surface area contributed by atoms with Crippen LogP contribution < -0.4 is 4.90 Å². The van der Waals surface area contributed by atoms with Gasteiger partial charge in [-0.25, -0.2) is 9.97 Å². The summed E-state index contributed by atoms with van der Waals surface area (Å²) in [6, 6.07) is 1.16. The van der Waals surface area contributed by atoms with Crippen molar-refractivity contribution in [3.05, 3.63) is 17.5 Å². The number of hydrogen-bond acceptors (Lipinski definition) is 5. The maximum atomic E-state index is 12.8. The van der Waals surface area contributed by atoms with E-state index in [1.54, 1.807) is 19.1 Å². The van der Waals surface area contributed by atoms with Crippen molar-refractivity contribution in [2.75, 3.05) is 39.2 Å². The van der Waals surface area contributed by atoms with E-state index in [0.717, 1.165) is 19.0 Å². The minimum absolute atomic E-state index is 0.0987. The number of likely N-dealkylation sites (tertiary alicyclic amines) is 1. The molecule has 2 rings (SSSR count). The maximum absolute atomic E-state index is 12.8. The van der Waals surface area contributed by atoms with E-state index in [9.17, 15) is 13.2 Å². The predicted octanol–water partition coefficient (Wildman–Crippen LogP) is 1.96. The fourth-order valence-corrected chi connectivity index (χ4v) is 2.68. The molecule has 0 unspecified atom stereocenters. The summed E-state index contributed by atoms with van der Waals surface area (Å²) in [5, 5.41) is 0. The van der Waals surface area contributed by atoms with Crippen molar-refractivity contribution in [1.82, 2.24) is 14.9 Å². The van der Waals surface area contributed by atoms with Crippen LogP contribution in [0.25, 0.3) is 0 Å². The second-order valence-electron chi connectivity index (χ2n) is 5.76. The molecule has 1 saturated heterocycles. The SMILES string of the molecule is CO[C@H]1C[C@@H](CN(C)c2nc(C)cc(C(F)(F)F)n2)N(C)C1. The number of alkyl halides is 3. The van der Waals surface area contributed by atoms with Crippen molar-refractivity contribution in [1.29, 1.82) is 0 Å². The van der Waals surface area contributed by atoms with E-state index in [4.69, 9.17) is 4.74 Å². The summed E-state index contributed by atoms with van der Waals surface area (Å²) >= 11 is 0. The number of likely N-dealkylation sites (N-methyl/N-ethyl adjacent to an activating group) is 2. The van der Waals surface area contributed by atoms with Gasteiger partial charge < -0.3 is 9.64 Å². The van der Waals surface area contributed by atoms with Gasteiger partial charge in [-0.3, -0.25) is 4.90 Å². The lowest BCUT2D eigenvalue weighted by atomic mass is 10.2. The van der Waals surface area contributed by atoms with Crippen LogP contribution in [0.5, 0.6) is 0 Å². The van der Waals surface area contributed by atoms with Crippen molar-refractivity contribution in [2.45, 2.75) is 31.7 Å². The molecule has 2 heterocycles. The molecule has 2 atom stereocenters. The fourth-order valence-electron chi connectivity index (χ4n) is 2.68. The van der Waals surface area contributed by atoms with Crippen LogP contribution in [0.15, 0.2) is 6.07 Å². The van der Waals surface area contributed by atoms with Crippen molar-refractivity contribution in [3.8, 4) is 0 Å². The van der Waals surface area contributed by atoms with Gasteiger partial charge in [0.1, 0.15) is 5.69 Å². The number of aryl methyl sites for hydroxylation is 1. The first-order valence-corrected chi connectivity index (χ1v) is 7.07. The molecule has 1 aliphatic rings. The lowest BCUT2D eigenvalue weighted by Gasteiger charge is -2.26. The molecule has 0 N–H and O–H groups in total. The fraction of sp³-hybridized carbons (Fsp3) is 0.714. The Balaban J connectivity index is 2.13. The highest BCUT2D eigenvalue weighted by molar-refractivity contribution is 5.32. The van der Waals surface area contributed by atoms with Gasteiger partial charge >= 0.3 is 6.18 Å². The number of halogens is 3. The third-order valence-electron chi connectivity index (χ3n) is 3.94. The molecule has 8 heteroatoms. The summed E-state index contributed by atoms with van der Waals surface area (Å²) in [5.74, 6) is 0.0987. The highest BCUT2D eigenvalue weighted by Gasteiger charge is 2.34. The standard InChI is InChI=1S/C14H21F3N4O/c1-9-5-12(14(15,16)17)19-13(18-9)21(3)7-10-6-11(22-4)8-20(10)2/h5,10-11H,6-8H2,1-4H3/t10-,11-/m0/s1. The Morgan fingerprint density at radius 3 is 2.64 bits per heavy atom. The summed E-state index contributed by atoms with van der Waals surface area (Å²) in [7, 11) is 5.36. The summed E-state index contributed by atoms with van der Waals surface area (Å²) in [4.78, 5) is 11.6. The number of ether oxygens (including phenoxy) is 1. The third-order valence-corrected chi connectivity index (χ3v) is 3.94. The van der Waals surface area contributed by atoms with E-state index in [1.165, 1.54) is 6.92 Å². The summed E-state index contributed by atoms with van der Waals surface area (Å²) in [5.41, 5.74) is -0.602. The van der Waals surface area contributed by atoms with E-state index in [0.29, 0.717) is 12.2 Å². The number of methoxy groups -OCH3 is 1. The Bertz CT molecular complexity index is 523. The third kappa shape index (κ3) is 3.86. The zero-order valence-corrected chi connectivity index (χ0v) is 13.2. The number of rotatable bonds is 4. The topological polar surface area (TPSA) is 41.5 Å². The van der Waals surface area contributed by atoms with E-state index in [1.807, 2.05) is 7.05 Å². The highest BCUT2D eigenvalue weighted by atomic mass is 19.4. The monoisotopic (exact) mass is 318 g/mol. The molecular formula is C14H21F3N4O. The van der Waals surface area contributed by atoms with Crippen LogP contribution in [0.4, 0.5) is 19.1 Å². The smallest absolute Gasteiger partial charge is 0.380 e. The zero-order chi connectivity index (χ0) is 16.5. The molecule has 0 saturated carbocycles. The molecule has 0 radical (unpaired) electrons. The molecule has 1 aliphatic heterocycles. The Hall–Kier alpha value is -1.41. The van der Waals surface area contributed by atoms with Gasteiger partial charge in [0.2, 0.25) is 5.95 Å².